The summed E-state index contributed by atoms with van der Waals surface area (Å²) in [6, 6.07) is 12.4. The first kappa shape index (κ1) is 22.0. The Kier molecular flexibility index (Phi) is 6.72. The maximum atomic E-state index is 13.0. The van der Waals surface area contributed by atoms with Crippen LogP contribution >= 0.6 is 50.5 Å². The quantitative estimate of drug-likeness (QED) is 0.435. The zero-order valence-corrected chi connectivity index (χ0v) is 20.5. The fourth-order valence-electron chi connectivity index (χ4n) is 3.36. The third-order valence-corrected chi connectivity index (χ3v) is 9.11. The van der Waals surface area contributed by atoms with E-state index in [-0.39, 0.29) is 0 Å². The molecule has 1 aromatic heterocycles. The molecule has 0 spiro atoms. The number of halogens is 3. The van der Waals surface area contributed by atoms with Gasteiger partial charge in [-0.2, -0.15) is 4.31 Å². The normalized spacial score (nSPS) is 15.5. The van der Waals surface area contributed by atoms with Gasteiger partial charge in [0, 0.05) is 52.5 Å². The molecule has 2 heterocycles. The van der Waals surface area contributed by atoms with Crippen molar-refractivity contribution in [1.29, 1.82) is 0 Å². The SMILES string of the molecule is O=S(=O)(c1ccccc1Br)N1CCN(c2nc(Cc3cc(Cl)cc(Cl)c3)cs2)CC1. The van der Waals surface area contributed by atoms with Gasteiger partial charge in [0.15, 0.2) is 5.13 Å². The first-order chi connectivity index (χ1) is 14.3. The largest absolute Gasteiger partial charge is 0.345 e. The Morgan fingerprint density at radius 3 is 2.37 bits per heavy atom. The summed E-state index contributed by atoms with van der Waals surface area (Å²) in [6.07, 6.45) is 0.646. The Morgan fingerprint density at radius 2 is 1.70 bits per heavy atom. The van der Waals surface area contributed by atoms with Gasteiger partial charge < -0.3 is 4.90 Å². The third-order valence-electron chi connectivity index (χ3n) is 4.81. The van der Waals surface area contributed by atoms with E-state index in [2.05, 4.69) is 20.8 Å². The lowest BCUT2D eigenvalue weighted by molar-refractivity contribution is 0.384. The van der Waals surface area contributed by atoms with Gasteiger partial charge in [0.1, 0.15) is 0 Å². The van der Waals surface area contributed by atoms with E-state index in [9.17, 15) is 8.42 Å². The first-order valence-corrected chi connectivity index (χ1v) is 13.1. The van der Waals surface area contributed by atoms with Crippen LogP contribution in [0, 0.1) is 0 Å². The van der Waals surface area contributed by atoms with Gasteiger partial charge in [-0.05, 0) is 51.8 Å². The van der Waals surface area contributed by atoms with Crippen LogP contribution in [-0.4, -0.2) is 43.9 Å². The number of piperazine rings is 1. The number of benzene rings is 2. The molecule has 1 fully saturated rings. The highest BCUT2D eigenvalue weighted by Gasteiger charge is 2.30. The zero-order valence-electron chi connectivity index (χ0n) is 15.8. The molecule has 0 unspecified atom stereocenters. The molecule has 0 radical (unpaired) electrons. The molecule has 10 heteroatoms. The van der Waals surface area contributed by atoms with Crippen molar-refractivity contribution < 1.29 is 8.42 Å². The van der Waals surface area contributed by atoms with Crippen LogP contribution in [0.1, 0.15) is 11.3 Å². The van der Waals surface area contributed by atoms with Gasteiger partial charge in [-0.25, -0.2) is 13.4 Å². The Hall–Kier alpha value is -1.16. The van der Waals surface area contributed by atoms with Crippen molar-refractivity contribution in [2.75, 3.05) is 31.1 Å². The summed E-state index contributed by atoms with van der Waals surface area (Å²) in [7, 11) is -3.52. The molecule has 1 aliphatic heterocycles. The summed E-state index contributed by atoms with van der Waals surface area (Å²) in [5, 5.41) is 4.13. The molecule has 1 saturated heterocycles. The molecule has 2 aromatic carbocycles. The second-order valence-electron chi connectivity index (χ2n) is 6.90. The smallest absolute Gasteiger partial charge is 0.244 e. The van der Waals surface area contributed by atoms with Gasteiger partial charge in [0.2, 0.25) is 10.0 Å². The molecule has 0 aliphatic carbocycles. The minimum Gasteiger partial charge on any atom is -0.345 e. The standard InChI is InChI=1S/C20H18BrCl2N3O2S2/c21-18-3-1-2-4-19(18)30(27,28)26-7-5-25(6-8-26)20-24-17(13-29-20)11-14-9-15(22)12-16(23)10-14/h1-4,9-10,12-13H,5-8,11H2. The van der Waals surface area contributed by atoms with E-state index in [4.69, 9.17) is 28.2 Å². The summed E-state index contributed by atoms with van der Waals surface area (Å²) in [5.41, 5.74) is 1.95. The van der Waals surface area contributed by atoms with Crippen molar-refractivity contribution in [2.45, 2.75) is 11.3 Å². The highest BCUT2D eigenvalue weighted by molar-refractivity contribution is 9.10. The van der Waals surface area contributed by atoms with Crippen LogP contribution in [0.25, 0.3) is 0 Å². The lowest BCUT2D eigenvalue weighted by atomic mass is 10.1. The molecule has 0 N–H and O–H groups in total. The predicted octanol–water partition coefficient (Wildman–Crippen LogP) is 5.31. The van der Waals surface area contributed by atoms with Crippen molar-refractivity contribution in [2.24, 2.45) is 0 Å². The number of anilines is 1. The third kappa shape index (κ3) is 4.84. The maximum Gasteiger partial charge on any atom is 0.244 e. The number of thiazole rings is 1. The topological polar surface area (TPSA) is 53.5 Å². The molecule has 4 rings (SSSR count). The number of nitrogens with zero attached hydrogens (tertiary/aromatic N) is 3. The fourth-order valence-corrected chi connectivity index (χ4v) is 7.19. The lowest BCUT2D eigenvalue weighted by Crippen LogP contribution is -2.48. The van der Waals surface area contributed by atoms with Gasteiger partial charge in [-0.1, -0.05) is 35.3 Å². The van der Waals surface area contributed by atoms with Crippen molar-refractivity contribution in [1.82, 2.24) is 9.29 Å². The van der Waals surface area contributed by atoms with Crippen LogP contribution in [0.2, 0.25) is 10.0 Å². The molecule has 0 saturated carbocycles. The van der Waals surface area contributed by atoms with Gasteiger partial charge in [-0.3, -0.25) is 0 Å². The van der Waals surface area contributed by atoms with E-state index in [1.807, 2.05) is 17.5 Å². The maximum absolute atomic E-state index is 13.0. The van der Waals surface area contributed by atoms with Gasteiger partial charge in [0.25, 0.3) is 0 Å². The van der Waals surface area contributed by atoms with Crippen LogP contribution in [-0.2, 0) is 16.4 Å². The number of hydrogen-bond acceptors (Lipinski definition) is 5. The fraction of sp³-hybridized carbons (Fsp3) is 0.250. The van der Waals surface area contributed by atoms with E-state index in [0.717, 1.165) is 16.4 Å². The molecule has 5 nitrogen and oxygen atoms in total. The number of sulfonamides is 1. The molecular weight excluding hydrogens is 529 g/mol. The number of hydrogen-bond donors (Lipinski definition) is 0. The van der Waals surface area contributed by atoms with E-state index in [1.165, 1.54) is 4.31 Å². The number of aromatic nitrogens is 1. The van der Waals surface area contributed by atoms with Gasteiger partial charge in [-0.15, -0.1) is 11.3 Å². The van der Waals surface area contributed by atoms with E-state index < -0.39 is 10.0 Å². The zero-order chi connectivity index (χ0) is 21.3. The van der Waals surface area contributed by atoms with E-state index >= 15 is 0 Å². The van der Waals surface area contributed by atoms with Gasteiger partial charge in [0.05, 0.1) is 10.6 Å². The van der Waals surface area contributed by atoms with E-state index in [0.29, 0.717) is 52.0 Å². The van der Waals surface area contributed by atoms with Crippen molar-refractivity contribution in [3.8, 4) is 0 Å². The second-order valence-corrected chi connectivity index (χ2v) is 11.4. The molecule has 30 heavy (non-hydrogen) atoms. The van der Waals surface area contributed by atoms with E-state index in [1.54, 1.807) is 41.7 Å². The minimum atomic E-state index is -3.52. The van der Waals surface area contributed by atoms with Crippen LogP contribution in [0.4, 0.5) is 5.13 Å². The van der Waals surface area contributed by atoms with Crippen molar-refractivity contribution in [3.63, 3.8) is 0 Å². The summed E-state index contributed by atoms with van der Waals surface area (Å²) in [4.78, 5) is 7.16. The highest BCUT2D eigenvalue weighted by Crippen LogP contribution is 2.28. The lowest BCUT2D eigenvalue weighted by Gasteiger charge is -2.34. The minimum absolute atomic E-state index is 0.301. The van der Waals surface area contributed by atoms with Crippen LogP contribution in [0.15, 0.2) is 57.2 Å². The van der Waals surface area contributed by atoms with Crippen LogP contribution in [0.3, 0.4) is 0 Å². The summed E-state index contributed by atoms with van der Waals surface area (Å²) >= 11 is 17.1. The molecule has 0 atom stereocenters. The number of rotatable bonds is 5. The second kappa shape index (κ2) is 9.14. The Morgan fingerprint density at radius 1 is 1.03 bits per heavy atom. The molecule has 3 aromatic rings. The molecule has 158 valence electrons. The molecule has 0 amide bonds. The predicted molar refractivity (Wildman–Crippen MR) is 126 cm³/mol. The average molecular weight is 547 g/mol. The molecular formula is C20H18BrCl2N3O2S2. The molecule has 1 aliphatic rings. The first-order valence-electron chi connectivity index (χ1n) is 9.22. The summed E-state index contributed by atoms with van der Waals surface area (Å²) in [6.45, 7) is 2.03. The van der Waals surface area contributed by atoms with Crippen molar-refractivity contribution in [3.05, 3.63) is 73.6 Å². The van der Waals surface area contributed by atoms with Crippen molar-refractivity contribution >= 4 is 65.6 Å². The Bertz CT molecular complexity index is 1140. The van der Waals surface area contributed by atoms with Gasteiger partial charge >= 0.3 is 0 Å². The Labute approximate surface area is 198 Å². The Balaban J connectivity index is 1.42. The molecule has 0 bridgehead atoms. The monoisotopic (exact) mass is 545 g/mol. The van der Waals surface area contributed by atoms with Crippen LogP contribution in [0.5, 0.6) is 0 Å². The average Bonchev–Trinajstić information content (AvgIpc) is 3.16. The van der Waals surface area contributed by atoms with Crippen LogP contribution < -0.4 is 4.90 Å². The summed E-state index contributed by atoms with van der Waals surface area (Å²) in [5.74, 6) is 0. The summed E-state index contributed by atoms with van der Waals surface area (Å²) < 4.78 is 28.0. The highest BCUT2D eigenvalue weighted by atomic mass is 79.9.